The quantitative estimate of drug-likeness (QED) is 0.179. The summed E-state index contributed by atoms with van der Waals surface area (Å²) in [5.74, 6) is -0.187. The van der Waals surface area contributed by atoms with E-state index in [0.717, 1.165) is 24.3 Å². The summed E-state index contributed by atoms with van der Waals surface area (Å²) < 4.78 is 78.9. The maximum absolute atomic E-state index is 13.3. The van der Waals surface area contributed by atoms with E-state index in [1.165, 1.54) is 48.5 Å². The highest BCUT2D eigenvalue weighted by Gasteiger charge is 2.20. The summed E-state index contributed by atoms with van der Waals surface area (Å²) in [7, 11) is -7.77. The fourth-order valence-corrected chi connectivity index (χ4v) is 6.94. The van der Waals surface area contributed by atoms with E-state index in [-0.39, 0.29) is 31.2 Å². The SMILES string of the molecule is O=S(=O)(c1ccc(F)cc1)c1ccc(-c2nc(-c3ccccc3)nc(-c3ccc(S(=O)(=O)c4ccc(F)cc4)cc3)n2)cc1. The second-order valence-corrected chi connectivity index (χ2v) is 13.5. The Morgan fingerprint density at radius 2 is 0.636 bits per heavy atom. The third kappa shape index (κ3) is 5.75. The van der Waals surface area contributed by atoms with Gasteiger partial charge in [0.05, 0.1) is 19.6 Å². The van der Waals surface area contributed by atoms with E-state index in [0.29, 0.717) is 22.5 Å². The molecule has 5 aromatic carbocycles. The van der Waals surface area contributed by atoms with Crippen LogP contribution < -0.4 is 0 Å². The summed E-state index contributed by atoms with van der Waals surface area (Å²) in [6.45, 7) is 0. The molecule has 0 aliphatic heterocycles. The van der Waals surface area contributed by atoms with Gasteiger partial charge in [0.1, 0.15) is 11.6 Å². The number of aromatic nitrogens is 3. The third-order valence-corrected chi connectivity index (χ3v) is 10.3. The Hall–Kier alpha value is -5.13. The predicted molar refractivity (Wildman–Crippen MR) is 160 cm³/mol. The second-order valence-electron chi connectivity index (χ2n) is 9.64. The first-order chi connectivity index (χ1) is 21.1. The van der Waals surface area contributed by atoms with Crippen LogP contribution in [0.25, 0.3) is 34.2 Å². The van der Waals surface area contributed by atoms with Crippen molar-refractivity contribution in [1.29, 1.82) is 0 Å². The summed E-state index contributed by atoms with van der Waals surface area (Å²) in [6.07, 6.45) is 0. The molecule has 0 atom stereocenters. The molecule has 0 saturated heterocycles. The molecule has 44 heavy (non-hydrogen) atoms. The van der Waals surface area contributed by atoms with Crippen LogP contribution in [-0.4, -0.2) is 31.8 Å². The maximum Gasteiger partial charge on any atom is 0.206 e. The van der Waals surface area contributed by atoms with E-state index in [2.05, 4.69) is 15.0 Å². The van der Waals surface area contributed by atoms with Gasteiger partial charge in [0, 0.05) is 16.7 Å². The van der Waals surface area contributed by atoms with Crippen molar-refractivity contribution >= 4 is 19.7 Å². The largest absolute Gasteiger partial charge is 0.219 e. The van der Waals surface area contributed by atoms with Gasteiger partial charge in [-0.05, 0) is 97.1 Å². The highest BCUT2D eigenvalue weighted by Crippen LogP contribution is 2.29. The van der Waals surface area contributed by atoms with E-state index in [4.69, 9.17) is 0 Å². The van der Waals surface area contributed by atoms with E-state index < -0.39 is 31.3 Å². The van der Waals surface area contributed by atoms with E-state index in [1.807, 2.05) is 30.3 Å². The molecule has 0 radical (unpaired) electrons. The van der Waals surface area contributed by atoms with Crippen molar-refractivity contribution in [1.82, 2.24) is 15.0 Å². The lowest BCUT2D eigenvalue weighted by molar-refractivity contribution is 0.593. The van der Waals surface area contributed by atoms with Gasteiger partial charge >= 0.3 is 0 Å². The normalized spacial score (nSPS) is 11.8. The van der Waals surface area contributed by atoms with E-state index in [1.54, 1.807) is 24.3 Å². The van der Waals surface area contributed by atoms with Crippen LogP contribution in [0.5, 0.6) is 0 Å². The van der Waals surface area contributed by atoms with Crippen LogP contribution in [0, 0.1) is 11.6 Å². The Bertz CT molecular complexity index is 2040. The Morgan fingerprint density at radius 1 is 0.364 bits per heavy atom. The van der Waals surface area contributed by atoms with Gasteiger partial charge in [-0.3, -0.25) is 0 Å². The molecule has 218 valence electrons. The summed E-state index contributed by atoms with van der Waals surface area (Å²) in [5.41, 5.74) is 1.74. The minimum Gasteiger partial charge on any atom is -0.219 e. The lowest BCUT2D eigenvalue weighted by Gasteiger charge is -2.10. The monoisotopic (exact) mass is 625 g/mol. The molecule has 0 fully saturated rings. The van der Waals surface area contributed by atoms with Crippen molar-refractivity contribution in [2.24, 2.45) is 0 Å². The molecular formula is C33H21F2N3O4S2. The summed E-state index contributed by atoms with van der Waals surface area (Å²) >= 11 is 0. The lowest BCUT2D eigenvalue weighted by atomic mass is 10.1. The molecule has 0 saturated carbocycles. The molecule has 6 aromatic rings. The summed E-state index contributed by atoms with van der Waals surface area (Å²) in [6, 6.07) is 30.4. The number of halogens is 2. The van der Waals surface area contributed by atoms with Crippen molar-refractivity contribution in [3.63, 3.8) is 0 Å². The Balaban J connectivity index is 1.38. The molecule has 0 aliphatic rings. The van der Waals surface area contributed by atoms with Gasteiger partial charge < -0.3 is 0 Å². The fourth-order valence-electron chi connectivity index (χ4n) is 4.42. The van der Waals surface area contributed by atoms with Crippen LogP contribution in [-0.2, 0) is 19.7 Å². The fraction of sp³-hybridized carbons (Fsp3) is 0. The number of sulfone groups is 2. The first-order valence-corrected chi connectivity index (χ1v) is 16.1. The molecule has 0 amide bonds. The summed E-state index contributed by atoms with van der Waals surface area (Å²) in [4.78, 5) is 13.8. The van der Waals surface area contributed by atoms with Gasteiger partial charge in [0.15, 0.2) is 17.5 Å². The molecule has 11 heteroatoms. The first kappa shape index (κ1) is 29.0. The van der Waals surface area contributed by atoms with Crippen LogP contribution in [0.2, 0.25) is 0 Å². The van der Waals surface area contributed by atoms with E-state index >= 15 is 0 Å². The number of nitrogens with zero attached hydrogens (tertiary/aromatic N) is 3. The van der Waals surface area contributed by atoms with Gasteiger partial charge in [-0.1, -0.05) is 30.3 Å². The second kappa shape index (κ2) is 11.5. The van der Waals surface area contributed by atoms with Gasteiger partial charge in [-0.15, -0.1) is 0 Å². The van der Waals surface area contributed by atoms with Crippen LogP contribution >= 0.6 is 0 Å². The maximum atomic E-state index is 13.3. The number of benzene rings is 5. The topological polar surface area (TPSA) is 107 Å². The summed E-state index contributed by atoms with van der Waals surface area (Å²) in [5, 5.41) is 0. The molecule has 7 nitrogen and oxygen atoms in total. The zero-order valence-corrected chi connectivity index (χ0v) is 24.3. The molecule has 0 spiro atoms. The average molecular weight is 626 g/mol. The molecule has 0 unspecified atom stereocenters. The minimum absolute atomic E-state index is 0.0170. The van der Waals surface area contributed by atoms with Crippen LogP contribution in [0.1, 0.15) is 0 Å². The predicted octanol–water partition coefficient (Wildman–Crippen LogP) is 6.82. The molecule has 0 N–H and O–H groups in total. The van der Waals surface area contributed by atoms with Crippen molar-refractivity contribution in [2.45, 2.75) is 19.6 Å². The van der Waals surface area contributed by atoms with Crippen molar-refractivity contribution in [3.8, 4) is 34.2 Å². The van der Waals surface area contributed by atoms with Crippen LogP contribution in [0.3, 0.4) is 0 Å². The van der Waals surface area contributed by atoms with Gasteiger partial charge in [-0.2, -0.15) is 0 Å². The Labute approximate surface area is 252 Å². The molecule has 6 rings (SSSR count). The van der Waals surface area contributed by atoms with Gasteiger partial charge in [0.25, 0.3) is 0 Å². The van der Waals surface area contributed by atoms with Crippen molar-refractivity contribution in [2.75, 3.05) is 0 Å². The Kier molecular flexibility index (Phi) is 7.58. The third-order valence-electron chi connectivity index (χ3n) is 6.76. The first-order valence-electron chi connectivity index (χ1n) is 13.1. The highest BCUT2D eigenvalue weighted by atomic mass is 32.2. The molecular weight excluding hydrogens is 605 g/mol. The smallest absolute Gasteiger partial charge is 0.206 e. The zero-order valence-electron chi connectivity index (χ0n) is 22.7. The standard InChI is InChI=1S/C33H21F2N3O4S2/c34-25-10-18-29(19-11-25)43(39,40)27-14-6-23(7-15-27)32-36-31(22-4-2-1-3-5-22)37-33(38-32)24-8-16-28(17-9-24)44(41,42)30-20-12-26(35)13-21-30/h1-21H. The van der Waals surface area contributed by atoms with E-state index in [9.17, 15) is 25.6 Å². The number of hydrogen-bond acceptors (Lipinski definition) is 7. The molecule has 1 aromatic heterocycles. The number of hydrogen-bond donors (Lipinski definition) is 0. The van der Waals surface area contributed by atoms with Crippen LogP contribution in [0.15, 0.2) is 147 Å². The number of rotatable bonds is 7. The van der Waals surface area contributed by atoms with Crippen LogP contribution in [0.4, 0.5) is 8.78 Å². The molecule has 0 aliphatic carbocycles. The van der Waals surface area contributed by atoms with Gasteiger partial charge in [-0.25, -0.2) is 40.6 Å². The lowest BCUT2D eigenvalue weighted by Crippen LogP contribution is -2.04. The zero-order chi connectivity index (χ0) is 30.9. The molecule has 0 bridgehead atoms. The Morgan fingerprint density at radius 3 is 0.955 bits per heavy atom. The highest BCUT2D eigenvalue weighted by molar-refractivity contribution is 7.91. The van der Waals surface area contributed by atoms with Crippen molar-refractivity contribution in [3.05, 3.63) is 139 Å². The van der Waals surface area contributed by atoms with Gasteiger partial charge in [0.2, 0.25) is 19.7 Å². The minimum atomic E-state index is -3.88. The average Bonchev–Trinajstić information content (AvgIpc) is 3.05. The molecule has 1 heterocycles. The van der Waals surface area contributed by atoms with Crippen molar-refractivity contribution < 1.29 is 25.6 Å².